The minimum Gasteiger partial charge on any atom is -0.298 e. The van der Waals surface area contributed by atoms with Crippen LogP contribution in [-0.2, 0) is 4.79 Å². The minimum absolute atomic E-state index is 0.859. The van der Waals surface area contributed by atoms with Gasteiger partial charge in [0, 0.05) is 4.48 Å². The molecule has 0 aromatic carbocycles. The summed E-state index contributed by atoms with van der Waals surface area (Å²) in [5.41, 5.74) is 1.98. The van der Waals surface area contributed by atoms with E-state index in [1.54, 1.807) is 0 Å². The first kappa shape index (κ1) is 10.5. The van der Waals surface area contributed by atoms with Crippen LogP contribution in [0.3, 0.4) is 0 Å². The molecule has 1 aliphatic carbocycles. The molecule has 0 atom stereocenters. The maximum atomic E-state index is 10.6. The standard InChI is InChI=1S/C11H13BrO/c1-9-4-2-3-5-10(8-13)7-11(12)6-9/h6-8H,1-5H2/b10-7+,11-6+. The molecule has 0 heterocycles. The zero-order valence-corrected chi connectivity index (χ0v) is 9.14. The van der Waals surface area contributed by atoms with Gasteiger partial charge in [0.15, 0.2) is 0 Å². The molecule has 0 aromatic rings. The number of rotatable bonds is 1. The van der Waals surface area contributed by atoms with E-state index in [0.717, 1.165) is 47.6 Å². The van der Waals surface area contributed by atoms with Gasteiger partial charge in [0.2, 0.25) is 0 Å². The van der Waals surface area contributed by atoms with Crippen molar-refractivity contribution < 1.29 is 4.79 Å². The van der Waals surface area contributed by atoms with Crippen molar-refractivity contribution >= 4 is 22.2 Å². The number of aldehydes is 1. The van der Waals surface area contributed by atoms with Gasteiger partial charge in [-0.1, -0.05) is 28.1 Å². The van der Waals surface area contributed by atoms with E-state index in [-0.39, 0.29) is 0 Å². The van der Waals surface area contributed by atoms with Gasteiger partial charge < -0.3 is 0 Å². The van der Waals surface area contributed by atoms with Crippen LogP contribution in [0.2, 0.25) is 0 Å². The molecule has 0 N–H and O–H groups in total. The molecule has 1 rings (SSSR count). The van der Waals surface area contributed by atoms with Crippen LogP contribution in [-0.4, -0.2) is 6.29 Å². The first-order valence-corrected chi connectivity index (χ1v) is 5.22. The number of allylic oxidation sites excluding steroid dienone is 5. The van der Waals surface area contributed by atoms with E-state index >= 15 is 0 Å². The molecular weight excluding hydrogens is 228 g/mol. The van der Waals surface area contributed by atoms with E-state index < -0.39 is 0 Å². The highest BCUT2D eigenvalue weighted by Crippen LogP contribution is 2.21. The molecule has 0 aliphatic heterocycles. The maximum absolute atomic E-state index is 10.6. The Bertz CT molecular complexity index is 274. The SMILES string of the molecule is C=C1/C=C(Br)\C=C(\C=O)CCCC1. The molecule has 0 unspecified atom stereocenters. The number of halogens is 1. The lowest BCUT2D eigenvalue weighted by Gasteiger charge is -1.97. The molecule has 1 nitrogen and oxygen atoms in total. The summed E-state index contributed by atoms with van der Waals surface area (Å²) in [7, 11) is 0. The van der Waals surface area contributed by atoms with Crippen LogP contribution >= 0.6 is 15.9 Å². The lowest BCUT2D eigenvalue weighted by molar-refractivity contribution is -0.105. The van der Waals surface area contributed by atoms with Crippen molar-refractivity contribution in [2.45, 2.75) is 25.7 Å². The second-order valence-electron chi connectivity index (χ2n) is 3.23. The average Bonchev–Trinajstić information content (AvgIpc) is 2.16. The molecule has 13 heavy (non-hydrogen) atoms. The fraction of sp³-hybridized carbons (Fsp3) is 0.364. The second-order valence-corrected chi connectivity index (χ2v) is 4.15. The number of hydrogen-bond acceptors (Lipinski definition) is 1. The van der Waals surface area contributed by atoms with E-state index in [1.165, 1.54) is 0 Å². The summed E-state index contributed by atoms with van der Waals surface area (Å²) in [6.07, 6.45) is 8.87. The van der Waals surface area contributed by atoms with Gasteiger partial charge in [-0.25, -0.2) is 0 Å². The monoisotopic (exact) mass is 240 g/mol. The molecule has 0 fully saturated rings. The highest BCUT2D eigenvalue weighted by molar-refractivity contribution is 9.11. The predicted octanol–water partition coefficient (Wildman–Crippen LogP) is 3.52. The van der Waals surface area contributed by atoms with Crippen LogP contribution in [0.4, 0.5) is 0 Å². The summed E-state index contributed by atoms with van der Waals surface area (Å²) in [4.78, 5) is 10.6. The Morgan fingerprint density at radius 2 is 2.00 bits per heavy atom. The first-order valence-electron chi connectivity index (χ1n) is 4.43. The fourth-order valence-electron chi connectivity index (χ4n) is 1.33. The third-order valence-corrected chi connectivity index (χ3v) is 2.49. The van der Waals surface area contributed by atoms with Crippen LogP contribution in [0, 0.1) is 0 Å². The van der Waals surface area contributed by atoms with E-state index in [9.17, 15) is 4.79 Å². The van der Waals surface area contributed by atoms with Crippen molar-refractivity contribution in [2.75, 3.05) is 0 Å². The van der Waals surface area contributed by atoms with Crippen LogP contribution < -0.4 is 0 Å². The highest BCUT2D eigenvalue weighted by atomic mass is 79.9. The smallest absolute Gasteiger partial charge is 0.146 e. The van der Waals surface area contributed by atoms with Gasteiger partial charge >= 0.3 is 0 Å². The van der Waals surface area contributed by atoms with Crippen LogP contribution in [0.15, 0.2) is 34.4 Å². The number of hydrogen-bond donors (Lipinski definition) is 0. The zero-order chi connectivity index (χ0) is 9.68. The Labute approximate surface area is 87.3 Å². The molecule has 70 valence electrons. The van der Waals surface area contributed by atoms with Crippen molar-refractivity contribution in [2.24, 2.45) is 0 Å². The molecular formula is C11H13BrO. The van der Waals surface area contributed by atoms with Gasteiger partial charge in [-0.3, -0.25) is 4.79 Å². The lowest BCUT2D eigenvalue weighted by atomic mass is 10.1. The molecule has 0 aromatic heterocycles. The Balaban J connectivity index is 2.84. The predicted molar refractivity (Wildman–Crippen MR) is 58.8 cm³/mol. The summed E-state index contributed by atoms with van der Waals surface area (Å²) in [5, 5.41) is 0. The van der Waals surface area contributed by atoms with Crippen molar-refractivity contribution in [3.63, 3.8) is 0 Å². The number of carbonyl (C=O) groups excluding carboxylic acids is 1. The highest BCUT2D eigenvalue weighted by Gasteiger charge is 2.01. The molecule has 0 spiro atoms. The van der Waals surface area contributed by atoms with Crippen molar-refractivity contribution in [1.29, 1.82) is 0 Å². The van der Waals surface area contributed by atoms with Gasteiger partial charge in [-0.05, 0) is 43.4 Å². The van der Waals surface area contributed by atoms with E-state index in [2.05, 4.69) is 22.5 Å². The molecule has 0 radical (unpaired) electrons. The Kier molecular flexibility index (Phi) is 4.16. The van der Waals surface area contributed by atoms with E-state index in [0.29, 0.717) is 0 Å². The number of carbonyl (C=O) groups is 1. The second kappa shape index (κ2) is 5.18. The van der Waals surface area contributed by atoms with Crippen molar-refractivity contribution in [1.82, 2.24) is 0 Å². The molecule has 0 saturated carbocycles. The lowest BCUT2D eigenvalue weighted by Crippen LogP contribution is -1.85. The summed E-state index contributed by atoms with van der Waals surface area (Å²) >= 11 is 3.39. The minimum atomic E-state index is 0.859. The Morgan fingerprint density at radius 1 is 1.31 bits per heavy atom. The largest absolute Gasteiger partial charge is 0.298 e. The van der Waals surface area contributed by atoms with Crippen molar-refractivity contribution in [3.8, 4) is 0 Å². The summed E-state index contributed by atoms with van der Waals surface area (Å²) < 4.78 is 0.946. The molecule has 0 amide bonds. The van der Waals surface area contributed by atoms with Crippen LogP contribution in [0.25, 0.3) is 0 Å². The quantitative estimate of drug-likeness (QED) is 0.642. The molecule has 2 heteroatoms. The first-order chi connectivity index (χ1) is 6.22. The van der Waals surface area contributed by atoms with Crippen LogP contribution in [0.1, 0.15) is 25.7 Å². The molecule has 1 aliphatic rings. The summed E-state index contributed by atoms with van der Waals surface area (Å²) in [5.74, 6) is 0. The van der Waals surface area contributed by atoms with Gasteiger partial charge in [0.05, 0.1) is 0 Å². The van der Waals surface area contributed by atoms with E-state index in [1.807, 2.05) is 12.2 Å². The molecule has 0 saturated heterocycles. The van der Waals surface area contributed by atoms with Gasteiger partial charge in [0.1, 0.15) is 6.29 Å². The van der Waals surface area contributed by atoms with Crippen LogP contribution in [0.5, 0.6) is 0 Å². The zero-order valence-electron chi connectivity index (χ0n) is 7.55. The maximum Gasteiger partial charge on any atom is 0.146 e. The van der Waals surface area contributed by atoms with Gasteiger partial charge in [0.25, 0.3) is 0 Å². The van der Waals surface area contributed by atoms with Crippen molar-refractivity contribution in [3.05, 3.63) is 34.4 Å². The third kappa shape index (κ3) is 3.73. The average molecular weight is 241 g/mol. The Morgan fingerprint density at radius 3 is 2.69 bits per heavy atom. The summed E-state index contributed by atoms with van der Waals surface area (Å²) in [6.45, 7) is 3.93. The normalized spacial score (nSPS) is 27.3. The van der Waals surface area contributed by atoms with E-state index in [4.69, 9.17) is 0 Å². The van der Waals surface area contributed by atoms with Gasteiger partial charge in [-0.2, -0.15) is 0 Å². The molecule has 0 bridgehead atoms. The van der Waals surface area contributed by atoms with Gasteiger partial charge in [-0.15, -0.1) is 0 Å². The fourth-order valence-corrected chi connectivity index (χ4v) is 1.95. The Hall–Kier alpha value is -0.630. The topological polar surface area (TPSA) is 17.1 Å². The summed E-state index contributed by atoms with van der Waals surface area (Å²) in [6, 6.07) is 0. The third-order valence-electron chi connectivity index (χ3n) is 2.03.